The van der Waals surface area contributed by atoms with Gasteiger partial charge in [-0.2, -0.15) is 0 Å². The lowest BCUT2D eigenvalue weighted by Crippen LogP contribution is -2.11. The van der Waals surface area contributed by atoms with Crippen molar-refractivity contribution in [3.05, 3.63) is 24.1 Å². The van der Waals surface area contributed by atoms with Gasteiger partial charge in [-0.05, 0) is 12.1 Å². The van der Waals surface area contributed by atoms with E-state index in [0.29, 0.717) is 17.2 Å². The van der Waals surface area contributed by atoms with E-state index < -0.39 is 5.91 Å². The highest BCUT2D eigenvalue weighted by molar-refractivity contribution is 6.29. The lowest BCUT2D eigenvalue weighted by atomic mass is 10.3. The van der Waals surface area contributed by atoms with Crippen LogP contribution in [0.3, 0.4) is 0 Å². The number of rotatable bonds is 2. The number of hydrogen-bond acceptors (Lipinski definition) is 4. The largest absolute Gasteiger partial charge is 0.441 e. The van der Waals surface area contributed by atoms with Crippen molar-refractivity contribution in [2.75, 3.05) is 5.32 Å². The maximum atomic E-state index is 10.8. The van der Waals surface area contributed by atoms with Gasteiger partial charge in [-0.25, -0.2) is 4.98 Å². The van der Waals surface area contributed by atoms with Gasteiger partial charge in [0.2, 0.25) is 6.29 Å². The number of carbonyl (C=O) groups is 2. The average Bonchev–Trinajstić information content (AvgIpc) is 2.57. The molecule has 0 fully saturated rings. The second-order valence-electron chi connectivity index (χ2n) is 3.02. The lowest BCUT2D eigenvalue weighted by molar-refractivity contribution is -0.127. The molecule has 0 unspecified atom stereocenters. The molecular weight excluding hydrogens is 196 g/mol. The molecule has 0 spiro atoms. The molecule has 1 aromatic heterocycles. The molecule has 0 radical (unpaired) electrons. The van der Waals surface area contributed by atoms with Crippen LogP contribution in [0.5, 0.6) is 0 Å². The Morgan fingerprint density at radius 1 is 1.53 bits per heavy atom. The minimum Gasteiger partial charge on any atom is -0.441 e. The van der Waals surface area contributed by atoms with Crippen molar-refractivity contribution in [2.24, 2.45) is 0 Å². The second kappa shape index (κ2) is 3.53. The summed E-state index contributed by atoms with van der Waals surface area (Å²) in [6.45, 7) is 1.74. The van der Waals surface area contributed by atoms with E-state index >= 15 is 0 Å². The van der Waals surface area contributed by atoms with Crippen molar-refractivity contribution in [2.45, 2.75) is 6.92 Å². The van der Waals surface area contributed by atoms with Gasteiger partial charge < -0.3 is 9.73 Å². The molecule has 0 saturated carbocycles. The molecule has 0 bridgehead atoms. The van der Waals surface area contributed by atoms with Crippen molar-refractivity contribution < 1.29 is 14.0 Å². The molecule has 5 heteroatoms. The first kappa shape index (κ1) is 9.39. The number of hydrogen-bond donors (Lipinski definition) is 1. The Bertz CT molecular complexity index is 530. The van der Waals surface area contributed by atoms with Gasteiger partial charge in [0.15, 0.2) is 11.5 Å². The van der Waals surface area contributed by atoms with E-state index in [1.807, 2.05) is 0 Å². The molecule has 15 heavy (non-hydrogen) atoms. The van der Waals surface area contributed by atoms with Crippen LogP contribution in [0.1, 0.15) is 5.89 Å². The van der Waals surface area contributed by atoms with Crippen LogP contribution >= 0.6 is 0 Å². The fourth-order valence-electron chi connectivity index (χ4n) is 1.29. The molecular formula is C10H8N2O3. The van der Waals surface area contributed by atoms with Gasteiger partial charge in [0.05, 0.1) is 0 Å². The van der Waals surface area contributed by atoms with Crippen LogP contribution in [-0.2, 0) is 9.59 Å². The molecule has 2 rings (SSSR count). The first-order chi connectivity index (χ1) is 7.19. The van der Waals surface area contributed by atoms with Gasteiger partial charge >= 0.3 is 0 Å². The Labute approximate surface area is 85.1 Å². The number of nitrogens with one attached hydrogen (secondary N) is 1. The minimum atomic E-state index is -0.689. The topological polar surface area (TPSA) is 72.2 Å². The van der Waals surface area contributed by atoms with Gasteiger partial charge in [-0.15, -0.1) is 0 Å². The van der Waals surface area contributed by atoms with E-state index in [9.17, 15) is 9.59 Å². The number of aldehydes is 1. The Morgan fingerprint density at radius 3 is 3.07 bits per heavy atom. The van der Waals surface area contributed by atoms with Crippen molar-refractivity contribution in [1.82, 2.24) is 4.98 Å². The SMILES string of the molecule is Cc1nc2ccc(NC(=O)C=O)cc2o1. The molecule has 5 nitrogen and oxygen atoms in total. The van der Waals surface area contributed by atoms with Crippen LogP contribution in [0.25, 0.3) is 11.1 Å². The fraction of sp³-hybridized carbons (Fsp3) is 0.100. The number of nitrogens with zero attached hydrogens (tertiary/aromatic N) is 1. The minimum absolute atomic E-state index is 0.218. The summed E-state index contributed by atoms with van der Waals surface area (Å²) in [4.78, 5) is 25.0. The Balaban J connectivity index is 2.37. The molecule has 1 aromatic carbocycles. The number of fused-ring (bicyclic) bond motifs is 1. The molecule has 0 atom stereocenters. The van der Waals surface area contributed by atoms with Gasteiger partial charge in [-0.1, -0.05) is 0 Å². The number of carbonyl (C=O) groups excluding carboxylic acids is 2. The summed E-state index contributed by atoms with van der Waals surface area (Å²) in [7, 11) is 0. The molecule has 2 aromatic rings. The van der Waals surface area contributed by atoms with E-state index in [4.69, 9.17) is 4.42 Å². The Kier molecular flexibility index (Phi) is 2.21. The van der Waals surface area contributed by atoms with E-state index in [1.165, 1.54) is 0 Å². The first-order valence-corrected chi connectivity index (χ1v) is 4.32. The molecule has 0 saturated heterocycles. The maximum absolute atomic E-state index is 10.8. The van der Waals surface area contributed by atoms with Gasteiger partial charge in [0.25, 0.3) is 5.91 Å². The summed E-state index contributed by atoms with van der Waals surface area (Å²) < 4.78 is 5.27. The third kappa shape index (κ3) is 1.85. The van der Waals surface area contributed by atoms with E-state index in [-0.39, 0.29) is 6.29 Å². The number of aromatic nitrogens is 1. The highest BCUT2D eigenvalue weighted by Crippen LogP contribution is 2.19. The van der Waals surface area contributed by atoms with Crippen LogP contribution < -0.4 is 5.32 Å². The molecule has 76 valence electrons. The molecule has 0 aliphatic heterocycles. The summed E-state index contributed by atoms with van der Waals surface area (Å²) in [5.41, 5.74) is 1.81. The summed E-state index contributed by atoms with van der Waals surface area (Å²) in [5.74, 6) is -0.130. The smallest absolute Gasteiger partial charge is 0.288 e. The van der Waals surface area contributed by atoms with Crippen LogP contribution in [0.4, 0.5) is 5.69 Å². The monoisotopic (exact) mass is 204 g/mol. The van der Waals surface area contributed by atoms with E-state index in [2.05, 4.69) is 10.3 Å². The van der Waals surface area contributed by atoms with Gasteiger partial charge in [0, 0.05) is 18.7 Å². The summed E-state index contributed by atoms with van der Waals surface area (Å²) in [6, 6.07) is 4.99. The van der Waals surface area contributed by atoms with Crippen LogP contribution in [0.15, 0.2) is 22.6 Å². The van der Waals surface area contributed by atoms with Crippen LogP contribution in [-0.4, -0.2) is 17.2 Å². The van der Waals surface area contributed by atoms with Crippen molar-refractivity contribution in [3.63, 3.8) is 0 Å². The summed E-state index contributed by atoms with van der Waals surface area (Å²) in [6.07, 6.45) is 0.218. The predicted molar refractivity (Wildman–Crippen MR) is 53.4 cm³/mol. The third-order valence-electron chi connectivity index (χ3n) is 1.87. The molecule has 0 aliphatic rings. The van der Waals surface area contributed by atoms with Gasteiger partial charge in [-0.3, -0.25) is 9.59 Å². The average molecular weight is 204 g/mol. The molecule has 0 aliphatic carbocycles. The number of aryl methyl sites for hydroxylation is 1. The fourth-order valence-corrected chi connectivity index (χ4v) is 1.29. The van der Waals surface area contributed by atoms with Crippen molar-refractivity contribution in [1.29, 1.82) is 0 Å². The number of anilines is 1. The third-order valence-corrected chi connectivity index (χ3v) is 1.87. The summed E-state index contributed by atoms with van der Waals surface area (Å²) >= 11 is 0. The quantitative estimate of drug-likeness (QED) is 0.590. The van der Waals surface area contributed by atoms with Gasteiger partial charge in [0.1, 0.15) is 5.52 Å². The molecule has 1 heterocycles. The first-order valence-electron chi connectivity index (χ1n) is 4.32. The Morgan fingerprint density at radius 2 is 2.33 bits per heavy atom. The summed E-state index contributed by atoms with van der Waals surface area (Å²) in [5, 5.41) is 2.40. The number of amides is 1. The van der Waals surface area contributed by atoms with E-state index in [1.54, 1.807) is 25.1 Å². The van der Waals surface area contributed by atoms with Crippen LogP contribution in [0, 0.1) is 6.92 Å². The predicted octanol–water partition coefficient (Wildman–Crippen LogP) is 1.27. The lowest BCUT2D eigenvalue weighted by Gasteiger charge is -1.98. The highest BCUT2D eigenvalue weighted by Gasteiger charge is 2.04. The van der Waals surface area contributed by atoms with Crippen molar-refractivity contribution >= 4 is 29.0 Å². The highest BCUT2D eigenvalue weighted by atomic mass is 16.3. The zero-order valence-corrected chi connectivity index (χ0v) is 7.98. The molecule has 1 amide bonds. The van der Waals surface area contributed by atoms with Crippen LogP contribution in [0.2, 0.25) is 0 Å². The zero-order valence-electron chi connectivity index (χ0n) is 7.98. The number of benzene rings is 1. The zero-order chi connectivity index (χ0) is 10.8. The standard InChI is InChI=1S/C10H8N2O3/c1-6-11-8-3-2-7(4-9(8)15-6)12-10(14)5-13/h2-5H,1H3,(H,12,14). The van der Waals surface area contributed by atoms with E-state index in [0.717, 1.165) is 5.52 Å². The number of oxazole rings is 1. The Hall–Kier alpha value is -2.17. The second-order valence-corrected chi connectivity index (χ2v) is 3.02. The molecule has 1 N–H and O–H groups in total. The van der Waals surface area contributed by atoms with Crippen molar-refractivity contribution in [3.8, 4) is 0 Å². The maximum Gasteiger partial charge on any atom is 0.288 e. The normalized spacial score (nSPS) is 10.2.